The zero-order valence-electron chi connectivity index (χ0n) is 68.2. The highest BCUT2D eigenvalue weighted by Gasteiger charge is 2.49. The predicted octanol–water partition coefficient (Wildman–Crippen LogP) is 24.7. The number of fused-ring (bicyclic) bond motifs is 7. The van der Waals surface area contributed by atoms with Crippen LogP contribution in [0.25, 0.3) is 77.9 Å². The molecule has 0 N–H and O–H groups in total. The Morgan fingerprint density at radius 1 is 0.317 bits per heavy atom. The second kappa shape index (κ2) is 24.4. The second-order valence-corrected chi connectivity index (χ2v) is 30.6. The molecule has 14 aromatic rings. The maximum Gasteiger partial charge on any atom is 0.252 e. The molecule has 0 aromatic heterocycles. The summed E-state index contributed by atoms with van der Waals surface area (Å²) in [5.41, 5.74) is 21.9. The van der Waals surface area contributed by atoms with Crippen LogP contribution in [0.2, 0.25) is 5.02 Å². The van der Waals surface area contributed by atoms with Gasteiger partial charge in [-0.2, -0.15) is 0 Å². The molecule has 0 saturated heterocycles. The van der Waals surface area contributed by atoms with Crippen LogP contribution in [-0.4, -0.2) is 6.71 Å². The van der Waals surface area contributed by atoms with E-state index < -0.39 is 72.6 Å². The number of nitrogens with zero attached hydrogens (tertiary/aromatic N) is 2. The topological polar surface area (TPSA) is 6.48 Å². The van der Waals surface area contributed by atoms with Gasteiger partial charge < -0.3 is 9.80 Å². The number of benzene rings is 14. The average Bonchev–Trinajstić information content (AvgIpc) is 1.59. The Morgan fingerprint density at radius 2 is 0.802 bits per heavy atom. The van der Waals surface area contributed by atoms with Gasteiger partial charge >= 0.3 is 0 Å². The molecule has 4 heteroatoms. The molecule has 0 fully saturated rings. The molecule has 0 bridgehead atoms. The molecule has 0 amide bonds. The van der Waals surface area contributed by atoms with Crippen molar-refractivity contribution in [3.63, 3.8) is 0 Å². The minimum atomic E-state index is -2.14. The van der Waals surface area contributed by atoms with Crippen molar-refractivity contribution in [2.24, 2.45) is 0 Å². The predicted molar refractivity (Wildman–Crippen MR) is 431 cm³/mol. The Bertz CT molecular complexity index is 5960. The standard InChI is InChI=1S/C97H80BClN2/c1-94(2,3)73-48-52-86(80(61-73)64-33-18-11-19-34-64)100-88-62-76(99)49-50-84(88)98-85-57-67(77-44-30-45-79-78-43-28-29-46-83(78)97(91(77)79,71-39-24-14-25-40-71)72-41-26-15-27-42-72)47-51-87(85)101(90-59-70(58-89(100)92(90)98)68-53-74(95(4,5)6)60-75(54-68)96(7,8)9)93-81(65-35-20-12-21-36-65)55-69(63-31-16-10-17-32-63)56-82(93)66-37-22-13-23-38-66/h10-62H,1-9H3/i14D,15D,24D,25D,26D,27D,39D,40D,41D,42D. The van der Waals surface area contributed by atoms with Crippen LogP contribution in [0.5, 0.6) is 0 Å². The monoisotopic (exact) mass is 1330 g/mol. The smallest absolute Gasteiger partial charge is 0.252 e. The number of halogens is 1. The minimum absolute atomic E-state index is 0.228. The highest BCUT2D eigenvalue weighted by Crippen LogP contribution is 2.60. The molecule has 17 rings (SSSR count). The van der Waals surface area contributed by atoms with Crippen LogP contribution in [0.15, 0.2) is 321 Å². The van der Waals surface area contributed by atoms with E-state index in [1.54, 1.807) is 12.1 Å². The molecule has 2 aliphatic heterocycles. The SMILES string of the molecule is [2H]c1c([2H])c([2H])c(C2(c3c([2H])c([2H])c([2H])c([2H])c3[2H])c3ccccc3-c3cccc(-c4ccc5c(c4)B4c6ccc(Cl)cc6N(c6ccc(C(C)(C)C)cc6-c6ccccc6)c6cc(-c7cc(C(C)(C)C)cc(C(C)(C)C)c7)cc(c64)N5c4c(-c5ccccc5)cc(-c5ccccc5)cc4-c4ccccc4)c32)c([2H])c1[2H]. The van der Waals surface area contributed by atoms with E-state index in [2.05, 4.69) is 278 Å². The van der Waals surface area contributed by atoms with Gasteiger partial charge in [0.1, 0.15) is 0 Å². The minimum Gasteiger partial charge on any atom is -0.311 e. The number of hydrogen-bond donors (Lipinski definition) is 0. The molecule has 0 saturated carbocycles. The van der Waals surface area contributed by atoms with Crippen LogP contribution in [0.1, 0.15) is 115 Å². The van der Waals surface area contributed by atoms with Crippen molar-refractivity contribution in [1.82, 2.24) is 0 Å². The zero-order valence-corrected chi connectivity index (χ0v) is 58.9. The van der Waals surface area contributed by atoms with Gasteiger partial charge in [0.25, 0.3) is 6.71 Å². The molecule has 488 valence electrons. The summed E-state index contributed by atoms with van der Waals surface area (Å²) in [6, 6.07) is 85.9. The quantitative estimate of drug-likeness (QED) is 0.126. The van der Waals surface area contributed by atoms with Gasteiger partial charge in [-0.25, -0.2) is 0 Å². The molecule has 101 heavy (non-hydrogen) atoms. The summed E-state index contributed by atoms with van der Waals surface area (Å²) >= 11 is 7.56. The first-order valence-electron chi connectivity index (χ1n) is 39.9. The first-order valence-corrected chi connectivity index (χ1v) is 35.2. The van der Waals surface area contributed by atoms with E-state index in [-0.39, 0.29) is 27.4 Å². The Hall–Kier alpha value is -11.0. The van der Waals surface area contributed by atoms with E-state index in [4.69, 9.17) is 14.3 Å². The summed E-state index contributed by atoms with van der Waals surface area (Å²) in [7, 11) is 0. The maximum absolute atomic E-state index is 10.1. The molecular formula is C97H80BClN2. The first kappa shape index (κ1) is 53.0. The third-order valence-corrected chi connectivity index (χ3v) is 21.2. The Kier molecular flexibility index (Phi) is 12.8. The third kappa shape index (κ3) is 10.7. The van der Waals surface area contributed by atoms with Gasteiger partial charge in [0.15, 0.2) is 0 Å². The molecule has 0 unspecified atom stereocenters. The van der Waals surface area contributed by atoms with Gasteiger partial charge in [0, 0.05) is 44.5 Å². The van der Waals surface area contributed by atoms with Crippen LogP contribution >= 0.6 is 11.6 Å². The van der Waals surface area contributed by atoms with E-state index in [1.807, 2.05) is 42.5 Å². The lowest BCUT2D eigenvalue weighted by atomic mass is 9.33. The van der Waals surface area contributed by atoms with Gasteiger partial charge in [0.05, 0.1) is 30.5 Å². The fraction of sp³-hybridized carbons (Fsp3) is 0.134. The molecule has 0 spiro atoms. The largest absolute Gasteiger partial charge is 0.311 e. The lowest BCUT2D eigenvalue weighted by molar-refractivity contribution is 0.569. The van der Waals surface area contributed by atoms with Crippen molar-refractivity contribution in [2.75, 3.05) is 9.80 Å². The molecular weight excluding hydrogens is 1240 g/mol. The van der Waals surface area contributed by atoms with Gasteiger partial charge in [-0.15, -0.1) is 0 Å². The first-order chi connectivity index (χ1) is 53.1. The molecule has 14 aromatic carbocycles. The molecule has 3 aliphatic rings. The number of rotatable bonds is 10. The van der Waals surface area contributed by atoms with Crippen molar-refractivity contribution in [3.05, 3.63) is 365 Å². The lowest BCUT2D eigenvalue weighted by Crippen LogP contribution is -2.61. The average molecular weight is 1330 g/mol. The molecule has 2 nitrogen and oxygen atoms in total. The molecule has 0 radical (unpaired) electrons. The summed E-state index contributed by atoms with van der Waals surface area (Å²) in [5.74, 6) is 0. The normalized spacial score (nSPS) is 14.9. The maximum atomic E-state index is 10.1. The van der Waals surface area contributed by atoms with E-state index in [0.717, 1.165) is 106 Å². The number of hydrogen-bond acceptors (Lipinski definition) is 2. The molecule has 1 aliphatic carbocycles. The Morgan fingerprint density at radius 3 is 1.38 bits per heavy atom. The van der Waals surface area contributed by atoms with E-state index in [9.17, 15) is 11.0 Å². The lowest BCUT2D eigenvalue weighted by Gasteiger charge is -2.46. The Balaban J connectivity index is 1.07. The van der Waals surface area contributed by atoms with Gasteiger partial charge in [-0.1, -0.05) is 341 Å². The van der Waals surface area contributed by atoms with Crippen LogP contribution < -0.4 is 26.2 Å². The van der Waals surface area contributed by atoms with Crippen molar-refractivity contribution in [1.29, 1.82) is 0 Å². The zero-order chi connectivity index (χ0) is 77.8. The summed E-state index contributed by atoms with van der Waals surface area (Å²) < 4.78 is 96.0. The van der Waals surface area contributed by atoms with Gasteiger partial charge in [-0.05, 0) is 187 Å². The van der Waals surface area contributed by atoms with Crippen molar-refractivity contribution in [3.8, 4) is 77.9 Å². The summed E-state index contributed by atoms with van der Waals surface area (Å²) in [4.78, 5) is 4.95. The van der Waals surface area contributed by atoms with Crippen molar-refractivity contribution in [2.45, 2.75) is 84.0 Å². The van der Waals surface area contributed by atoms with E-state index in [0.29, 0.717) is 38.4 Å². The van der Waals surface area contributed by atoms with Crippen LogP contribution in [0, 0.1) is 0 Å². The molecule has 0 atom stereocenters. The number of anilines is 6. The summed E-state index contributed by atoms with van der Waals surface area (Å²) in [6.45, 7) is 19.9. The van der Waals surface area contributed by atoms with E-state index in [1.165, 1.54) is 16.7 Å². The van der Waals surface area contributed by atoms with Crippen molar-refractivity contribution < 1.29 is 13.7 Å². The highest BCUT2D eigenvalue weighted by atomic mass is 35.5. The Labute approximate surface area is 616 Å². The highest BCUT2D eigenvalue weighted by molar-refractivity contribution is 7.00. The van der Waals surface area contributed by atoms with Gasteiger partial charge in [-0.3, -0.25) is 0 Å². The van der Waals surface area contributed by atoms with Crippen LogP contribution in [-0.2, 0) is 21.7 Å². The second-order valence-electron chi connectivity index (χ2n) is 30.2. The van der Waals surface area contributed by atoms with Gasteiger partial charge in [0.2, 0.25) is 0 Å². The summed E-state index contributed by atoms with van der Waals surface area (Å²) in [6.07, 6.45) is 0. The van der Waals surface area contributed by atoms with E-state index >= 15 is 0 Å². The fourth-order valence-electron chi connectivity index (χ4n) is 16.0. The van der Waals surface area contributed by atoms with Crippen molar-refractivity contribution >= 4 is 68.8 Å². The molecule has 2 heterocycles. The third-order valence-electron chi connectivity index (χ3n) is 20.9. The van der Waals surface area contributed by atoms with Crippen LogP contribution in [0.3, 0.4) is 0 Å². The summed E-state index contributed by atoms with van der Waals surface area (Å²) in [5, 5.41) is 0.542. The fourth-order valence-corrected chi connectivity index (χ4v) is 16.1. The van der Waals surface area contributed by atoms with Crippen LogP contribution in [0.4, 0.5) is 34.1 Å².